The summed E-state index contributed by atoms with van der Waals surface area (Å²) in [7, 11) is 0. The van der Waals surface area contributed by atoms with Crippen molar-refractivity contribution in [3.63, 3.8) is 0 Å². The van der Waals surface area contributed by atoms with E-state index in [0.717, 1.165) is 5.92 Å². The zero-order chi connectivity index (χ0) is 12.1. The van der Waals surface area contributed by atoms with Crippen LogP contribution in [-0.2, 0) is 0 Å². The summed E-state index contributed by atoms with van der Waals surface area (Å²) in [4.78, 5) is 0. The van der Waals surface area contributed by atoms with E-state index in [1.165, 1.54) is 57.8 Å². The van der Waals surface area contributed by atoms with E-state index in [4.69, 9.17) is 5.73 Å². The second-order valence-electron chi connectivity index (χ2n) is 5.73. The predicted octanol–water partition coefficient (Wildman–Crippen LogP) is 4.34. The van der Waals surface area contributed by atoms with Gasteiger partial charge in [0.1, 0.15) is 0 Å². The summed E-state index contributed by atoms with van der Waals surface area (Å²) >= 11 is 0. The number of unbranched alkanes of at least 4 members (excludes halogenated alkanes) is 1. The monoisotopic (exact) mass is 233 g/mol. The third-order valence-corrected chi connectivity index (χ3v) is 4.53. The lowest BCUT2D eigenvalue weighted by molar-refractivity contribution is 0.354. The first-order chi connectivity index (χ1) is 8.31. The molecule has 17 heavy (non-hydrogen) atoms. The quantitative estimate of drug-likeness (QED) is 0.718. The molecule has 0 radical (unpaired) electrons. The van der Waals surface area contributed by atoms with E-state index in [2.05, 4.69) is 19.1 Å². The van der Waals surface area contributed by atoms with Crippen LogP contribution in [0.25, 0.3) is 0 Å². The Morgan fingerprint density at radius 3 is 2.29 bits per heavy atom. The largest absolute Gasteiger partial charge is 0.327 e. The fraction of sp³-hybridized carbons (Fsp3) is 0.750. The molecule has 0 fully saturated rings. The molecule has 0 aromatic carbocycles. The highest BCUT2D eigenvalue weighted by Crippen LogP contribution is 2.35. The van der Waals surface area contributed by atoms with Crippen molar-refractivity contribution in [2.24, 2.45) is 11.7 Å². The molecule has 1 nitrogen and oxygen atoms in total. The van der Waals surface area contributed by atoms with E-state index in [1.807, 2.05) is 0 Å². The molecule has 0 heterocycles. The minimum Gasteiger partial charge on any atom is -0.327 e. The molecule has 0 aromatic rings. The van der Waals surface area contributed by atoms with Crippen molar-refractivity contribution in [2.75, 3.05) is 0 Å². The number of hydrogen-bond donors (Lipinski definition) is 1. The molecule has 0 spiro atoms. The van der Waals surface area contributed by atoms with Gasteiger partial charge in [-0.1, -0.05) is 43.1 Å². The molecule has 2 aliphatic carbocycles. The van der Waals surface area contributed by atoms with Crippen LogP contribution in [0.2, 0.25) is 0 Å². The second kappa shape index (κ2) is 6.39. The highest BCUT2D eigenvalue weighted by Gasteiger charge is 2.22. The zero-order valence-corrected chi connectivity index (χ0v) is 11.3. The summed E-state index contributed by atoms with van der Waals surface area (Å²) < 4.78 is 0. The van der Waals surface area contributed by atoms with Crippen molar-refractivity contribution >= 4 is 0 Å². The van der Waals surface area contributed by atoms with Crippen molar-refractivity contribution in [3.8, 4) is 0 Å². The fourth-order valence-corrected chi connectivity index (χ4v) is 3.26. The molecule has 2 aliphatic rings. The minimum absolute atomic E-state index is 0.448. The first-order valence-electron chi connectivity index (χ1n) is 7.41. The van der Waals surface area contributed by atoms with Crippen LogP contribution in [0.1, 0.15) is 64.7 Å². The van der Waals surface area contributed by atoms with Gasteiger partial charge < -0.3 is 5.73 Å². The van der Waals surface area contributed by atoms with Gasteiger partial charge in [-0.2, -0.15) is 0 Å². The lowest BCUT2D eigenvalue weighted by Gasteiger charge is -2.22. The molecule has 0 bridgehead atoms. The molecule has 0 aliphatic heterocycles. The maximum absolute atomic E-state index is 6.36. The third kappa shape index (κ3) is 3.45. The molecule has 0 saturated heterocycles. The average molecular weight is 233 g/mol. The van der Waals surface area contributed by atoms with Crippen LogP contribution in [0.15, 0.2) is 23.3 Å². The number of nitrogens with two attached hydrogens (primary N) is 1. The van der Waals surface area contributed by atoms with Crippen molar-refractivity contribution in [1.29, 1.82) is 0 Å². The molecule has 1 heteroatoms. The average Bonchev–Trinajstić information content (AvgIpc) is 2.58. The van der Waals surface area contributed by atoms with Crippen LogP contribution in [0.3, 0.4) is 0 Å². The first kappa shape index (κ1) is 12.9. The Morgan fingerprint density at radius 1 is 1.18 bits per heavy atom. The summed E-state index contributed by atoms with van der Waals surface area (Å²) in [6.45, 7) is 2.26. The fourth-order valence-electron chi connectivity index (χ4n) is 3.26. The van der Waals surface area contributed by atoms with Crippen LogP contribution >= 0.6 is 0 Å². The van der Waals surface area contributed by atoms with Crippen LogP contribution < -0.4 is 5.73 Å². The highest BCUT2D eigenvalue weighted by atomic mass is 14.6. The normalized spacial score (nSPS) is 23.4. The molecular formula is C16H27N. The van der Waals surface area contributed by atoms with Gasteiger partial charge in [-0.25, -0.2) is 0 Å². The lowest BCUT2D eigenvalue weighted by atomic mass is 9.88. The molecule has 2 rings (SSSR count). The van der Waals surface area contributed by atoms with Crippen LogP contribution in [0.4, 0.5) is 0 Å². The molecule has 0 amide bonds. The molecule has 0 saturated carbocycles. The second-order valence-corrected chi connectivity index (χ2v) is 5.73. The van der Waals surface area contributed by atoms with E-state index < -0.39 is 0 Å². The first-order valence-corrected chi connectivity index (χ1v) is 7.41. The van der Waals surface area contributed by atoms with E-state index in [0.29, 0.717) is 6.04 Å². The van der Waals surface area contributed by atoms with Gasteiger partial charge in [-0.15, -0.1) is 0 Å². The minimum atomic E-state index is 0.448. The Hall–Kier alpha value is -0.560. The van der Waals surface area contributed by atoms with Gasteiger partial charge in [-0.05, 0) is 50.9 Å². The predicted molar refractivity (Wildman–Crippen MR) is 74.9 cm³/mol. The topological polar surface area (TPSA) is 26.0 Å². The molecular weight excluding hydrogens is 206 g/mol. The zero-order valence-electron chi connectivity index (χ0n) is 11.3. The standard InChI is InChI=1S/C16H27N/c1-2-3-8-16(17)15-11-9-13-6-4-5-7-14(13)10-12-15/h4-5,15-16H,2-3,6-12,17H2,1H3. The van der Waals surface area contributed by atoms with E-state index >= 15 is 0 Å². The molecule has 1 atom stereocenters. The van der Waals surface area contributed by atoms with Gasteiger partial charge in [0, 0.05) is 6.04 Å². The van der Waals surface area contributed by atoms with Gasteiger partial charge >= 0.3 is 0 Å². The van der Waals surface area contributed by atoms with Gasteiger partial charge in [0.05, 0.1) is 0 Å². The van der Waals surface area contributed by atoms with Crippen LogP contribution in [0, 0.1) is 5.92 Å². The molecule has 0 aromatic heterocycles. The lowest BCUT2D eigenvalue weighted by Crippen LogP contribution is -2.29. The summed E-state index contributed by atoms with van der Waals surface area (Å²) in [6.07, 6.45) is 16.2. The Labute approximate surface area is 106 Å². The van der Waals surface area contributed by atoms with E-state index in [-0.39, 0.29) is 0 Å². The van der Waals surface area contributed by atoms with E-state index in [9.17, 15) is 0 Å². The Balaban J connectivity index is 1.86. The van der Waals surface area contributed by atoms with E-state index in [1.54, 1.807) is 11.1 Å². The Bertz CT molecular complexity index is 279. The summed E-state index contributed by atoms with van der Waals surface area (Å²) in [5.74, 6) is 0.771. The maximum Gasteiger partial charge on any atom is 0.00673 e. The van der Waals surface area contributed by atoms with Crippen molar-refractivity contribution in [3.05, 3.63) is 23.3 Å². The third-order valence-electron chi connectivity index (χ3n) is 4.53. The van der Waals surface area contributed by atoms with Gasteiger partial charge in [0.25, 0.3) is 0 Å². The van der Waals surface area contributed by atoms with Crippen molar-refractivity contribution < 1.29 is 0 Å². The summed E-state index contributed by atoms with van der Waals surface area (Å²) in [5.41, 5.74) is 9.83. The van der Waals surface area contributed by atoms with Crippen LogP contribution in [0.5, 0.6) is 0 Å². The van der Waals surface area contributed by atoms with Crippen LogP contribution in [-0.4, -0.2) is 6.04 Å². The molecule has 2 N–H and O–H groups in total. The molecule has 1 unspecified atom stereocenters. The molecule has 96 valence electrons. The maximum atomic E-state index is 6.36. The summed E-state index contributed by atoms with van der Waals surface area (Å²) in [5, 5.41) is 0. The van der Waals surface area contributed by atoms with Gasteiger partial charge in [0.2, 0.25) is 0 Å². The van der Waals surface area contributed by atoms with Gasteiger partial charge in [-0.3, -0.25) is 0 Å². The van der Waals surface area contributed by atoms with Crippen molar-refractivity contribution in [2.45, 2.75) is 70.8 Å². The number of hydrogen-bond acceptors (Lipinski definition) is 1. The summed E-state index contributed by atoms with van der Waals surface area (Å²) in [6, 6.07) is 0.448. The Morgan fingerprint density at radius 2 is 1.76 bits per heavy atom. The Kier molecular flexibility index (Phi) is 4.85. The highest BCUT2D eigenvalue weighted by molar-refractivity contribution is 5.25. The van der Waals surface area contributed by atoms with Crippen molar-refractivity contribution in [1.82, 2.24) is 0 Å². The smallest absolute Gasteiger partial charge is 0.00673 e. The number of allylic oxidation sites excluding steroid dienone is 4. The van der Waals surface area contributed by atoms with Gasteiger partial charge in [0.15, 0.2) is 0 Å². The number of rotatable bonds is 4. The SMILES string of the molecule is CCCCC(N)C1CCC2=C(CC=CC2)CC1.